The van der Waals surface area contributed by atoms with Crippen LogP contribution in [-0.2, 0) is 28.6 Å². The van der Waals surface area contributed by atoms with Crippen LogP contribution in [0.3, 0.4) is 0 Å². The average molecular weight is 384 g/mol. The fourth-order valence-electron chi connectivity index (χ4n) is 3.15. The number of nitrogens with zero attached hydrogens (tertiary/aromatic N) is 2. The van der Waals surface area contributed by atoms with Crippen molar-refractivity contribution in [3.8, 4) is 17.1 Å². The molecule has 0 spiro atoms. The zero-order valence-electron chi connectivity index (χ0n) is 15.1. The summed E-state index contributed by atoms with van der Waals surface area (Å²) in [4.78, 5) is 16.5. The number of rotatable bonds is 3. The zero-order valence-corrected chi connectivity index (χ0v) is 15.1. The highest BCUT2D eigenvalue weighted by atomic mass is 19.4. The Labute approximate surface area is 153 Å². The topological polar surface area (TPSA) is 62.6 Å². The summed E-state index contributed by atoms with van der Waals surface area (Å²) in [5.41, 5.74) is 0.316. The van der Waals surface area contributed by atoms with Crippen LogP contribution >= 0.6 is 0 Å². The smallest absolute Gasteiger partial charge is 0.419 e. The molecule has 0 bridgehead atoms. The quantitative estimate of drug-likeness (QED) is 0.760. The van der Waals surface area contributed by atoms with E-state index in [1.54, 1.807) is 4.57 Å². The van der Waals surface area contributed by atoms with Crippen LogP contribution in [0.4, 0.5) is 13.2 Å². The lowest BCUT2D eigenvalue weighted by Crippen LogP contribution is -2.15. The predicted molar refractivity (Wildman–Crippen MR) is 89.7 cm³/mol. The fraction of sp³-hybridized carbons (Fsp3) is 0.444. The molecule has 0 unspecified atom stereocenters. The number of halogens is 3. The highest BCUT2D eigenvalue weighted by Crippen LogP contribution is 2.38. The number of carbonyl (C=O) groups is 1. The monoisotopic (exact) mass is 384 g/mol. The van der Waals surface area contributed by atoms with Crippen LogP contribution in [0.1, 0.15) is 28.7 Å². The van der Waals surface area contributed by atoms with E-state index in [0.29, 0.717) is 36.7 Å². The second kappa shape index (κ2) is 7.22. The molecule has 1 aromatic carbocycles. The molecule has 2 heterocycles. The maximum atomic E-state index is 13.1. The van der Waals surface area contributed by atoms with E-state index in [1.807, 2.05) is 6.92 Å². The maximum Gasteiger partial charge on any atom is 0.419 e. The van der Waals surface area contributed by atoms with Gasteiger partial charge in [-0.3, -0.25) is 0 Å². The standard InChI is InChI=1S/C18H19F3N2O4/c1-10-9-23-13(6-7-27-10)15(17(24)26-3)22-16(23)11-4-5-12(18(19,20)21)14(8-11)25-2/h4-5,8,10H,6-7,9H2,1-3H3/t10-/m1/s1. The first-order valence-corrected chi connectivity index (χ1v) is 8.31. The highest BCUT2D eigenvalue weighted by Gasteiger charge is 2.35. The molecule has 0 radical (unpaired) electrons. The number of ether oxygens (including phenoxy) is 3. The van der Waals surface area contributed by atoms with Gasteiger partial charge >= 0.3 is 12.1 Å². The lowest BCUT2D eigenvalue weighted by molar-refractivity contribution is -0.138. The molecule has 1 aliphatic rings. The van der Waals surface area contributed by atoms with Crippen molar-refractivity contribution in [2.24, 2.45) is 0 Å². The van der Waals surface area contributed by atoms with E-state index >= 15 is 0 Å². The van der Waals surface area contributed by atoms with E-state index in [0.717, 1.165) is 6.07 Å². The first-order valence-electron chi connectivity index (χ1n) is 8.31. The molecular weight excluding hydrogens is 365 g/mol. The zero-order chi connectivity index (χ0) is 19.8. The van der Waals surface area contributed by atoms with E-state index in [2.05, 4.69) is 4.98 Å². The van der Waals surface area contributed by atoms with E-state index in [4.69, 9.17) is 14.2 Å². The van der Waals surface area contributed by atoms with Crippen LogP contribution in [0.5, 0.6) is 5.75 Å². The van der Waals surface area contributed by atoms with Crippen LogP contribution in [0, 0.1) is 0 Å². The van der Waals surface area contributed by atoms with Gasteiger partial charge in [0.05, 0.1) is 44.7 Å². The van der Waals surface area contributed by atoms with Crippen LogP contribution in [0.15, 0.2) is 18.2 Å². The molecule has 27 heavy (non-hydrogen) atoms. The summed E-state index contributed by atoms with van der Waals surface area (Å²) in [5.74, 6) is -0.539. The average Bonchev–Trinajstić information content (AvgIpc) is 2.86. The molecule has 0 amide bonds. The number of benzene rings is 1. The summed E-state index contributed by atoms with van der Waals surface area (Å²) >= 11 is 0. The minimum Gasteiger partial charge on any atom is -0.496 e. The van der Waals surface area contributed by atoms with E-state index < -0.39 is 17.7 Å². The Morgan fingerprint density at radius 1 is 1.33 bits per heavy atom. The van der Waals surface area contributed by atoms with Crippen molar-refractivity contribution in [1.82, 2.24) is 9.55 Å². The molecule has 6 nitrogen and oxygen atoms in total. The van der Waals surface area contributed by atoms with Crippen molar-refractivity contribution in [2.75, 3.05) is 20.8 Å². The number of hydrogen-bond donors (Lipinski definition) is 0. The van der Waals surface area contributed by atoms with Gasteiger partial charge in [-0.1, -0.05) is 6.07 Å². The maximum absolute atomic E-state index is 13.1. The van der Waals surface area contributed by atoms with Crippen molar-refractivity contribution >= 4 is 5.97 Å². The number of esters is 1. The SMILES string of the molecule is COC(=O)c1nc(-c2ccc(C(F)(F)F)c(OC)c2)n2c1CCO[C@H](C)C2. The van der Waals surface area contributed by atoms with E-state index in [1.165, 1.54) is 26.4 Å². The Hall–Kier alpha value is -2.55. The molecule has 1 atom stereocenters. The number of alkyl halides is 3. The Bertz CT molecular complexity index is 861. The summed E-state index contributed by atoms with van der Waals surface area (Å²) in [6.45, 7) is 2.70. The predicted octanol–water partition coefficient (Wildman–Crippen LogP) is 3.33. The lowest BCUT2D eigenvalue weighted by atomic mass is 10.1. The summed E-state index contributed by atoms with van der Waals surface area (Å²) in [7, 11) is 2.43. The van der Waals surface area contributed by atoms with Gasteiger partial charge in [0.15, 0.2) is 5.69 Å². The third-order valence-electron chi connectivity index (χ3n) is 4.40. The summed E-state index contributed by atoms with van der Waals surface area (Å²) in [5, 5.41) is 0. The normalized spacial score (nSPS) is 17.2. The minimum atomic E-state index is -4.53. The molecule has 2 aromatic rings. The lowest BCUT2D eigenvalue weighted by Gasteiger charge is -2.15. The molecule has 0 N–H and O–H groups in total. The second-order valence-corrected chi connectivity index (χ2v) is 6.18. The van der Waals surface area contributed by atoms with Gasteiger partial charge < -0.3 is 18.8 Å². The van der Waals surface area contributed by atoms with Gasteiger partial charge in [0, 0.05) is 12.0 Å². The molecule has 0 saturated carbocycles. The molecule has 0 aliphatic carbocycles. The first kappa shape index (κ1) is 19.2. The molecule has 0 saturated heterocycles. The highest BCUT2D eigenvalue weighted by molar-refractivity contribution is 5.89. The van der Waals surface area contributed by atoms with Gasteiger partial charge in [0.25, 0.3) is 0 Å². The van der Waals surface area contributed by atoms with Gasteiger partial charge in [0.1, 0.15) is 11.6 Å². The molecule has 1 aromatic heterocycles. The third-order valence-corrected chi connectivity index (χ3v) is 4.40. The van der Waals surface area contributed by atoms with Crippen molar-refractivity contribution in [3.63, 3.8) is 0 Å². The van der Waals surface area contributed by atoms with E-state index in [9.17, 15) is 18.0 Å². The van der Waals surface area contributed by atoms with Crippen molar-refractivity contribution < 1.29 is 32.2 Å². The molecule has 1 aliphatic heterocycles. The third kappa shape index (κ3) is 3.64. The van der Waals surface area contributed by atoms with Crippen LogP contribution in [0.25, 0.3) is 11.4 Å². The molecule has 3 rings (SSSR count). The molecular formula is C18H19F3N2O4. The first-order chi connectivity index (χ1) is 12.8. The molecule has 146 valence electrons. The van der Waals surface area contributed by atoms with Crippen molar-refractivity contribution in [3.05, 3.63) is 35.2 Å². The van der Waals surface area contributed by atoms with Crippen LogP contribution in [0.2, 0.25) is 0 Å². The number of carbonyl (C=O) groups excluding carboxylic acids is 1. The van der Waals surface area contributed by atoms with Crippen LogP contribution in [-0.4, -0.2) is 42.5 Å². The molecule has 9 heteroatoms. The van der Waals surface area contributed by atoms with Crippen LogP contribution < -0.4 is 4.74 Å². The Morgan fingerprint density at radius 2 is 2.07 bits per heavy atom. The number of hydrogen-bond acceptors (Lipinski definition) is 5. The van der Waals surface area contributed by atoms with Gasteiger partial charge in [-0.15, -0.1) is 0 Å². The van der Waals surface area contributed by atoms with Gasteiger partial charge in [-0.2, -0.15) is 13.2 Å². The Balaban J connectivity index is 2.17. The minimum absolute atomic E-state index is 0.138. The molecule has 0 fully saturated rings. The van der Waals surface area contributed by atoms with Gasteiger partial charge in [-0.25, -0.2) is 9.78 Å². The fourth-order valence-corrected chi connectivity index (χ4v) is 3.15. The Kier molecular flexibility index (Phi) is 5.14. The van der Waals surface area contributed by atoms with E-state index in [-0.39, 0.29) is 17.5 Å². The van der Waals surface area contributed by atoms with Crippen molar-refractivity contribution in [2.45, 2.75) is 32.2 Å². The number of aromatic nitrogens is 2. The number of imidazole rings is 1. The van der Waals surface area contributed by atoms with Crippen molar-refractivity contribution in [1.29, 1.82) is 0 Å². The summed E-state index contributed by atoms with van der Waals surface area (Å²) in [6.07, 6.45) is -4.23. The number of fused-ring (bicyclic) bond motifs is 1. The largest absolute Gasteiger partial charge is 0.496 e. The second-order valence-electron chi connectivity index (χ2n) is 6.18. The summed E-state index contributed by atoms with van der Waals surface area (Å²) in [6, 6.07) is 3.54. The summed E-state index contributed by atoms with van der Waals surface area (Å²) < 4.78 is 56.5. The van der Waals surface area contributed by atoms with Gasteiger partial charge in [0.2, 0.25) is 0 Å². The van der Waals surface area contributed by atoms with Gasteiger partial charge in [-0.05, 0) is 19.1 Å². The Morgan fingerprint density at radius 3 is 2.70 bits per heavy atom. The number of methoxy groups -OCH3 is 2.